The van der Waals surface area contributed by atoms with Gasteiger partial charge in [-0.15, -0.1) is 22.7 Å². The summed E-state index contributed by atoms with van der Waals surface area (Å²) in [5.41, 5.74) is 1.36. The molecule has 1 aliphatic heterocycles. The van der Waals surface area contributed by atoms with Crippen molar-refractivity contribution in [2.24, 2.45) is 0 Å². The number of rotatable bonds is 3. The van der Waals surface area contributed by atoms with Crippen LogP contribution in [0.1, 0.15) is 25.0 Å². The summed E-state index contributed by atoms with van der Waals surface area (Å²) in [6, 6.07) is 4.17. The molecule has 0 radical (unpaired) electrons. The number of thioether (sulfide) groups is 1. The summed E-state index contributed by atoms with van der Waals surface area (Å²) in [4.78, 5) is 17.8. The highest BCUT2D eigenvalue weighted by molar-refractivity contribution is 9.10. The summed E-state index contributed by atoms with van der Waals surface area (Å²) in [6.45, 7) is 0.673. The molecule has 1 aliphatic rings. The molecule has 3 heterocycles. The molecule has 2 nitrogen and oxygen atoms in total. The van der Waals surface area contributed by atoms with Crippen molar-refractivity contribution < 1.29 is 4.79 Å². The van der Waals surface area contributed by atoms with E-state index < -0.39 is 0 Å². The van der Waals surface area contributed by atoms with Gasteiger partial charge in [0.25, 0.3) is 5.91 Å². The third-order valence-corrected chi connectivity index (χ3v) is 7.12. The van der Waals surface area contributed by atoms with Crippen molar-refractivity contribution in [1.29, 1.82) is 0 Å². The normalized spacial score (nSPS) is 14.1. The Bertz CT molecular complexity index is 611. The molecule has 0 N–H and O–H groups in total. The van der Waals surface area contributed by atoms with Gasteiger partial charge in [0, 0.05) is 32.4 Å². The molecule has 3 rings (SSSR count). The van der Waals surface area contributed by atoms with Crippen molar-refractivity contribution in [2.45, 2.75) is 18.7 Å². The summed E-state index contributed by atoms with van der Waals surface area (Å²) in [6.07, 6.45) is 1.11. The van der Waals surface area contributed by atoms with Gasteiger partial charge in [-0.25, -0.2) is 0 Å². The van der Waals surface area contributed by atoms with E-state index >= 15 is 0 Å². The van der Waals surface area contributed by atoms with Crippen LogP contribution in [0.4, 0.5) is 0 Å². The van der Waals surface area contributed by atoms with E-state index in [1.165, 1.54) is 21.1 Å². The lowest BCUT2D eigenvalue weighted by Gasteiger charge is -2.14. The van der Waals surface area contributed by atoms with Gasteiger partial charge in [-0.3, -0.25) is 4.79 Å². The molecule has 0 unspecified atom stereocenters. The lowest BCUT2D eigenvalue weighted by Crippen LogP contribution is -2.24. The van der Waals surface area contributed by atoms with Gasteiger partial charge in [0.05, 0.1) is 11.4 Å². The molecule has 0 saturated heterocycles. The standard InChI is InChI=1S/C14H14BrNOS3/c1-16(6-11-5-10(15)8-19-11)14(17)13-4-9-7-18-3-2-12(9)20-13/h4-5,8H,2-3,6-7H2,1H3. The van der Waals surface area contributed by atoms with E-state index in [0.29, 0.717) is 6.54 Å². The van der Waals surface area contributed by atoms with Crippen molar-refractivity contribution in [3.05, 3.63) is 42.2 Å². The molecule has 0 spiro atoms. The first-order valence-corrected chi connectivity index (χ1v) is 9.95. The summed E-state index contributed by atoms with van der Waals surface area (Å²) in [5, 5.41) is 2.05. The van der Waals surface area contributed by atoms with Crippen molar-refractivity contribution >= 4 is 56.3 Å². The number of aryl methyl sites for hydroxylation is 1. The molecule has 106 valence electrons. The first-order valence-electron chi connectivity index (χ1n) is 6.31. The molecule has 6 heteroatoms. The van der Waals surface area contributed by atoms with Crippen molar-refractivity contribution in [2.75, 3.05) is 12.8 Å². The smallest absolute Gasteiger partial charge is 0.264 e. The molecule has 0 fully saturated rings. The van der Waals surface area contributed by atoms with E-state index in [0.717, 1.165) is 21.5 Å². The zero-order valence-corrected chi connectivity index (χ0v) is 15.1. The van der Waals surface area contributed by atoms with Crippen LogP contribution in [-0.2, 0) is 18.7 Å². The molecule has 0 saturated carbocycles. The molecule has 0 aliphatic carbocycles. The molecule has 0 bridgehead atoms. The van der Waals surface area contributed by atoms with Crippen LogP contribution < -0.4 is 0 Å². The van der Waals surface area contributed by atoms with E-state index in [4.69, 9.17) is 0 Å². The lowest BCUT2D eigenvalue weighted by atomic mass is 10.2. The van der Waals surface area contributed by atoms with E-state index in [9.17, 15) is 4.79 Å². The van der Waals surface area contributed by atoms with Gasteiger partial charge >= 0.3 is 0 Å². The molecule has 2 aromatic heterocycles. The van der Waals surface area contributed by atoms with E-state index in [-0.39, 0.29) is 5.91 Å². The Kier molecular flexibility index (Phi) is 4.55. The van der Waals surface area contributed by atoms with Gasteiger partial charge in [0.2, 0.25) is 0 Å². The third-order valence-electron chi connectivity index (χ3n) is 3.20. The number of nitrogens with zero attached hydrogens (tertiary/aromatic N) is 1. The molecular weight excluding hydrogens is 374 g/mol. The highest BCUT2D eigenvalue weighted by Crippen LogP contribution is 2.32. The largest absolute Gasteiger partial charge is 0.336 e. The average molecular weight is 388 g/mol. The minimum Gasteiger partial charge on any atom is -0.336 e. The van der Waals surface area contributed by atoms with Crippen LogP contribution in [-0.4, -0.2) is 23.6 Å². The van der Waals surface area contributed by atoms with Gasteiger partial charge in [-0.05, 0) is 45.8 Å². The van der Waals surface area contributed by atoms with Crippen LogP contribution in [0.25, 0.3) is 0 Å². The Morgan fingerprint density at radius 1 is 1.45 bits per heavy atom. The van der Waals surface area contributed by atoms with Gasteiger partial charge in [0.1, 0.15) is 0 Å². The number of hydrogen-bond donors (Lipinski definition) is 0. The number of amides is 1. The second-order valence-corrected chi connectivity index (χ2v) is 8.91. The second kappa shape index (κ2) is 6.22. The van der Waals surface area contributed by atoms with Gasteiger partial charge in [-0.2, -0.15) is 11.8 Å². The summed E-state index contributed by atoms with van der Waals surface area (Å²) >= 11 is 8.76. The van der Waals surface area contributed by atoms with Crippen LogP contribution >= 0.6 is 50.4 Å². The van der Waals surface area contributed by atoms with Crippen molar-refractivity contribution in [1.82, 2.24) is 4.90 Å². The third kappa shape index (κ3) is 3.13. The zero-order valence-electron chi connectivity index (χ0n) is 11.0. The molecule has 1 amide bonds. The molecule has 2 aromatic rings. The Morgan fingerprint density at radius 3 is 3.00 bits per heavy atom. The molecule has 20 heavy (non-hydrogen) atoms. The van der Waals surface area contributed by atoms with E-state index in [1.54, 1.807) is 22.7 Å². The summed E-state index contributed by atoms with van der Waals surface area (Å²) in [7, 11) is 1.88. The highest BCUT2D eigenvalue weighted by atomic mass is 79.9. The monoisotopic (exact) mass is 387 g/mol. The van der Waals surface area contributed by atoms with Crippen LogP contribution in [0.2, 0.25) is 0 Å². The maximum Gasteiger partial charge on any atom is 0.264 e. The van der Waals surface area contributed by atoms with Crippen LogP contribution in [0.5, 0.6) is 0 Å². The zero-order chi connectivity index (χ0) is 14.1. The maximum absolute atomic E-state index is 12.5. The Morgan fingerprint density at radius 2 is 2.30 bits per heavy atom. The first kappa shape index (κ1) is 14.6. The Labute approximate surface area is 139 Å². The summed E-state index contributed by atoms with van der Waals surface area (Å²) < 4.78 is 1.09. The van der Waals surface area contributed by atoms with Gasteiger partial charge < -0.3 is 4.90 Å². The van der Waals surface area contributed by atoms with Crippen LogP contribution in [0, 0.1) is 0 Å². The number of hydrogen-bond acceptors (Lipinski definition) is 4. The first-order chi connectivity index (χ1) is 9.63. The summed E-state index contributed by atoms with van der Waals surface area (Å²) in [5.74, 6) is 2.37. The lowest BCUT2D eigenvalue weighted by molar-refractivity contribution is 0.0791. The average Bonchev–Trinajstić information content (AvgIpc) is 3.03. The van der Waals surface area contributed by atoms with E-state index in [2.05, 4.69) is 33.4 Å². The molecular formula is C14H14BrNOS3. The van der Waals surface area contributed by atoms with E-state index in [1.807, 2.05) is 23.7 Å². The number of fused-ring (bicyclic) bond motifs is 1. The Balaban J connectivity index is 1.73. The SMILES string of the molecule is CN(Cc1cc(Br)cs1)C(=O)c1cc2c(s1)CCSC2. The predicted molar refractivity (Wildman–Crippen MR) is 92.0 cm³/mol. The minimum atomic E-state index is 0.138. The van der Waals surface area contributed by atoms with Crippen LogP contribution in [0.15, 0.2) is 22.0 Å². The fraction of sp³-hybridized carbons (Fsp3) is 0.357. The predicted octanol–water partition coefficient (Wildman–Crippen LogP) is 4.63. The highest BCUT2D eigenvalue weighted by Gasteiger charge is 2.20. The van der Waals surface area contributed by atoms with Gasteiger partial charge in [0.15, 0.2) is 0 Å². The number of carbonyl (C=O) groups is 1. The molecule has 0 atom stereocenters. The van der Waals surface area contributed by atoms with Crippen molar-refractivity contribution in [3.8, 4) is 0 Å². The molecule has 0 aromatic carbocycles. The minimum absolute atomic E-state index is 0.138. The van der Waals surface area contributed by atoms with Crippen molar-refractivity contribution in [3.63, 3.8) is 0 Å². The fourth-order valence-electron chi connectivity index (χ4n) is 2.18. The van der Waals surface area contributed by atoms with Crippen LogP contribution in [0.3, 0.4) is 0 Å². The quantitative estimate of drug-likeness (QED) is 0.764. The fourth-order valence-corrected chi connectivity index (χ4v) is 6.05. The second-order valence-electron chi connectivity index (χ2n) is 4.75. The van der Waals surface area contributed by atoms with Gasteiger partial charge in [-0.1, -0.05) is 0 Å². The number of halogens is 1. The Hall–Kier alpha value is -0.300. The number of thiophene rings is 2. The maximum atomic E-state index is 12.5. The number of carbonyl (C=O) groups excluding carboxylic acids is 1. The topological polar surface area (TPSA) is 20.3 Å².